The molecule has 0 fully saturated rings. The molecule has 0 bridgehead atoms. The third-order valence-electron chi connectivity index (χ3n) is 1.38. The Labute approximate surface area is 81.6 Å². The van der Waals surface area contributed by atoms with E-state index in [1.165, 1.54) is 18.9 Å². The monoisotopic (exact) mass is 206 g/mol. The molecule has 0 spiro atoms. The van der Waals surface area contributed by atoms with Crippen molar-refractivity contribution < 1.29 is 19.4 Å². The molecule has 0 aromatic heterocycles. The Hall–Kier alpha value is -0.710. The zero-order valence-corrected chi connectivity index (χ0v) is 8.43. The topological polar surface area (TPSA) is 63.6 Å². The molecule has 0 atom stereocenters. The summed E-state index contributed by atoms with van der Waals surface area (Å²) in [4.78, 5) is 20.7. The number of unbranched alkanes of at least 4 members (excludes halogenated alkanes) is 1. The second-order valence-corrected chi connectivity index (χ2v) is 3.58. The Morgan fingerprint density at radius 3 is 2.62 bits per heavy atom. The lowest BCUT2D eigenvalue weighted by Crippen LogP contribution is -2.03. The van der Waals surface area contributed by atoms with E-state index < -0.39 is 5.97 Å². The van der Waals surface area contributed by atoms with E-state index in [2.05, 4.69) is 4.74 Å². The number of ether oxygens (including phenoxy) is 1. The summed E-state index contributed by atoms with van der Waals surface area (Å²) in [6.45, 7) is 0. The predicted octanol–water partition coefficient (Wildman–Crippen LogP) is 1.15. The fourth-order valence-corrected chi connectivity index (χ4v) is 1.53. The van der Waals surface area contributed by atoms with Crippen molar-refractivity contribution in [3.05, 3.63) is 0 Å². The maximum atomic E-state index is 10.6. The molecular weight excluding hydrogens is 192 g/mol. The molecule has 0 amide bonds. The number of carbonyl (C=O) groups is 2. The molecule has 0 rings (SSSR count). The minimum Gasteiger partial charge on any atom is -0.481 e. The van der Waals surface area contributed by atoms with Crippen molar-refractivity contribution in [1.29, 1.82) is 0 Å². The van der Waals surface area contributed by atoms with Crippen LogP contribution in [0.1, 0.15) is 19.3 Å². The van der Waals surface area contributed by atoms with Gasteiger partial charge in [-0.05, 0) is 18.6 Å². The van der Waals surface area contributed by atoms with Crippen molar-refractivity contribution in [2.45, 2.75) is 19.3 Å². The van der Waals surface area contributed by atoms with Crippen molar-refractivity contribution in [2.75, 3.05) is 18.6 Å². The van der Waals surface area contributed by atoms with Crippen LogP contribution in [0, 0.1) is 0 Å². The number of hydrogen-bond donors (Lipinski definition) is 1. The quantitative estimate of drug-likeness (QED) is 0.500. The Bertz CT molecular complexity index is 170. The van der Waals surface area contributed by atoms with Crippen LogP contribution in [-0.4, -0.2) is 35.7 Å². The van der Waals surface area contributed by atoms with Crippen LogP contribution in [0.3, 0.4) is 0 Å². The Morgan fingerprint density at radius 1 is 1.38 bits per heavy atom. The molecule has 1 N–H and O–H groups in total. The molecular formula is C8H14O4S. The maximum Gasteiger partial charge on any atom is 0.315 e. The molecule has 0 aromatic rings. The van der Waals surface area contributed by atoms with Crippen LogP contribution in [0.15, 0.2) is 0 Å². The van der Waals surface area contributed by atoms with E-state index in [4.69, 9.17) is 5.11 Å². The Balaban J connectivity index is 3.08. The summed E-state index contributed by atoms with van der Waals surface area (Å²) in [5.74, 6) is 0.160. The van der Waals surface area contributed by atoms with Crippen molar-refractivity contribution in [2.24, 2.45) is 0 Å². The zero-order chi connectivity index (χ0) is 10.1. The number of hydrogen-bond acceptors (Lipinski definition) is 4. The number of aliphatic carboxylic acids is 1. The molecule has 76 valence electrons. The van der Waals surface area contributed by atoms with Gasteiger partial charge in [0.25, 0.3) is 0 Å². The lowest BCUT2D eigenvalue weighted by atomic mass is 10.3. The molecule has 0 aliphatic rings. The van der Waals surface area contributed by atoms with E-state index >= 15 is 0 Å². The van der Waals surface area contributed by atoms with E-state index in [0.717, 1.165) is 12.2 Å². The normalized spacial score (nSPS) is 9.62. The van der Waals surface area contributed by atoms with Gasteiger partial charge in [-0.3, -0.25) is 9.59 Å². The van der Waals surface area contributed by atoms with Crippen LogP contribution in [0.5, 0.6) is 0 Å². The molecule has 0 aromatic carbocycles. The summed E-state index contributed by atoms with van der Waals surface area (Å²) in [5.41, 5.74) is 0. The van der Waals surface area contributed by atoms with E-state index in [-0.39, 0.29) is 12.4 Å². The number of esters is 1. The molecule has 5 heteroatoms. The first-order valence-corrected chi connectivity index (χ1v) is 5.18. The number of thioether (sulfide) groups is 1. The number of carboxylic acid groups (broad SMARTS) is 1. The van der Waals surface area contributed by atoms with Crippen LogP contribution >= 0.6 is 11.8 Å². The fraction of sp³-hybridized carbons (Fsp3) is 0.750. The highest BCUT2D eigenvalue weighted by atomic mass is 32.2. The van der Waals surface area contributed by atoms with Crippen molar-refractivity contribution in [3.8, 4) is 0 Å². The lowest BCUT2D eigenvalue weighted by Gasteiger charge is -1.99. The highest BCUT2D eigenvalue weighted by Gasteiger charge is 2.00. The number of carbonyl (C=O) groups excluding carboxylic acids is 1. The van der Waals surface area contributed by atoms with E-state index in [9.17, 15) is 9.59 Å². The van der Waals surface area contributed by atoms with Crippen LogP contribution < -0.4 is 0 Å². The van der Waals surface area contributed by atoms with Gasteiger partial charge in [0, 0.05) is 6.42 Å². The maximum absolute atomic E-state index is 10.6. The van der Waals surface area contributed by atoms with Crippen molar-refractivity contribution >= 4 is 23.7 Å². The van der Waals surface area contributed by atoms with Crippen LogP contribution in [0.25, 0.3) is 0 Å². The highest BCUT2D eigenvalue weighted by molar-refractivity contribution is 7.99. The van der Waals surface area contributed by atoms with Gasteiger partial charge in [0.2, 0.25) is 0 Å². The second-order valence-electron chi connectivity index (χ2n) is 2.48. The third kappa shape index (κ3) is 9.20. The average molecular weight is 206 g/mol. The van der Waals surface area contributed by atoms with Gasteiger partial charge in [-0.1, -0.05) is 0 Å². The molecule has 0 unspecified atom stereocenters. The van der Waals surface area contributed by atoms with E-state index in [0.29, 0.717) is 12.2 Å². The second kappa shape index (κ2) is 7.91. The first kappa shape index (κ1) is 12.3. The minimum atomic E-state index is -0.766. The lowest BCUT2D eigenvalue weighted by molar-refractivity contribution is -0.138. The first-order valence-electron chi connectivity index (χ1n) is 4.03. The Kier molecular flexibility index (Phi) is 7.48. The van der Waals surface area contributed by atoms with Crippen molar-refractivity contribution in [3.63, 3.8) is 0 Å². The summed E-state index contributed by atoms with van der Waals surface area (Å²) < 4.78 is 4.44. The minimum absolute atomic E-state index is 0.207. The molecule has 0 aliphatic heterocycles. The summed E-state index contributed by atoms with van der Waals surface area (Å²) in [6.07, 6.45) is 1.70. The standard InChI is InChI=1S/C8H14O4S/c1-12-8(11)6-13-5-3-2-4-7(9)10/h2-6H2,1H3,(H,9,10). The number of rotatable bonds is 7. The third-order valence-corrected chi connectivity index (χ3v) is 2.39. The van der Waals surface area contributed by atoms with Crippen LogP contribution in [0.4, 0.5) is 0 Å². The van der Waals surface area contributed by atoms with Gasteiger partial charge in [0.1, 0.15) is 0 Å². The molecule has 4 nitrogen and oxygen atoms in total. The number of carboxylic acids is 1. The Morgan fingerprint density at radius 2 is 2.08 bits per heavy atom. The number of methoxy groups -OCH3 is 1. The summed E-state index contributed by atoms with van der Waals surface area (Å²) >= 11 is 1.47. The van der Waals surface area contributed by atoms with Crippen LogP contribution in [-0.2, 0) is 14.3 Å². The van der Waals surface area contributed by atoms with E-state index in [1.54, 1.807) is 0 Å². The van der Waals surface area contributed by atoms with Gasteiger partial charge in [-0.15, -0.1) is 0 Å². The SMILES string of the molecule is COC(=O)CSCCCCC(=O)O. The predicted molar refractivity (Wildman–Crippen MR) is 50.8 cm³/mol. The molecule has 0 aliphatic carbocycles. The van der Waals surface area contributed by atoms with Gasteiger partial charge < -0.3 is 9.84 Å². The largest absolute Gasteiger partial charge is 0.481 e. The van der Waals surface area contributed by atoms with Gasteiger partial charge in [-0.25, -0.2) is 0 Å². The summed E-state index contributed by atoms with van der Waals surface area (Å²) in [7, 11) is 1.35. The molecule has 0 saturated heterocycles. The summed E-state index contributed by atoms with van der Waals surface area (Å²) in [5, 5.41) is 8.32. The van der Waals surface area contributed by atoms with Crippen molar-refractivity contribution in [1.82, 2.24) is 0 Å². The van der Waals surface area contributed by atoms with E-state index in [1.807, 2.05) is 0 Å². The molecule has 13 heavy (non-hydrogen) atoms. The first-order chi connectivity index (χ1) is 6.16. The smallest absolute Gasteiger partial charge is 0.315 e. The van der Waals surface area contributed by atoms with Gasteiger partial charge in [-0.2, -0.15) is 11.8 Å². The van der Waals surface area contributed by atoms with Gasteiger partial charge in [0.15, 0.2) is 0 Å². The average Bonchev–Trinajstić information content (AvgIpc) is 2.10. The van der Waals surface area contributed by atoms with Gasteiger partial charge >= 0.3 is 11.9 Å². The highest BCUT2D eigenvalue weighted by Crippen LogP contribution is 2.06. The summed E-state index contributed by atoms with van der Waals surface area (Å²) in [6, 6.07) is 0. The molecule has 0 saturated carbocycles. The zero-order valence-electron chi connectivity index (χ0n) is 7.62. The molecule has 0 radical (unpaired) electrons. The van der Waals surface area contributed by atoms with Crippen LogP contribution in [0.2, 0.25) is 0 Å². The molecule has 0 heterocycles. The van der Waals surface area contributed by atoms with Gasteiger partial charge in [0.05, 0.1) is 12.9 Å². The fourth-order valence-electron chi connectivity index (χ4n) is 0.695.